The molecule has 3 heteroatoms. The molecule has 0 radical (unpaired) electrons. The summed E-state index contributed by atoms with van der Waals surface area (Å²) < 4.78 is 0. The van der Waals surface area contributed by atoms with E-state index in [1.807, 2.05) is 41.7 Å². The Hall–Kier alpha value is -0.410. The Morgan fingerprint density at radius 1 is 1.24 bits per heavy atom. The Kier molecular flexibility index (Phi) is 4.99. The van der Waals surface area contributed by atoms with Gasteiger partial charge in [-0.2, -0.15) is 11.8 Å². The molecule has 17 heavy (non-hydrogen) atoms. The lowest BCUT2D eigenvalue weighted by Crippen LogP contribution is -2.31. The van der Waals surface area contributed by atoms with Gasteiger partial charge in [-0.15, -0.1) is 11.8 Å². The zero-order valence-electron chi connectivity index (χ0n) is 10.1. The van der Waals surface area contributed by atoms with Crippen LogP contribution in [0, 0.1) is 0 Å². The summed E-state index contributed by atoms with van der Waals surface area (Å²) in [6.45, 7) is 2.18. The molecular weight excluding hydrogens is 248 g/mol. The maximum atomic E-state index is 12.1. The van der Waals surface area contributed by atoms with E-state index in [0.29, 0.717) is 17.5 Å². The number of benzene rings is 1. The molecule has 0 aromatic heterocycles. The van der Waals surface area contributed by atoms with Crippen molar-refractivity contribution in [3.05, 3.63) is 35.9 Å². The summed E-state index contributed by atoms with van der Waals surface area (Å²) in [4.78, 5) is 12.1. The second-order valence-corrected chi connectivity index (χ2v) is 7.05. The molecule has 1 nitrogen and oxygen atoms in total. The molecule has 1 aliphatic rings. The fourth-order valence-electron chi connectivity index (χ4n) is 2.04. The summed E-state index contributed by atoms with van der Waals surface area (Å²) in [5.41, 5.74) is 1.27. The Balaban J connectivity index is 1.84. The number of carbonyl (C=O) groups excluding carboxylic acids is 1. The van der Waals surface area contributed by atoms with Crippen molar-refractivity contribution in [3.8, 4) is 0 Å². The maximum Gasteiger partial charge on any atom is 0.147 e. The topological polar surface area (TPSA) is 17.1 Å². The van der Waals surface area contributed by atoms with E-state index in [-0.39, 0.29) is 5.25 Å². The number of rotatable bonds is 4. The van der Waals surface area contributed by atoms with E-state index in [9.17, 15) is 4.79 Å². The van der Waals surface area contributed by atoms with Gasteiger partial charge in [-0.3, -0.25) is 4.79 Å². The van der Waals surface area contributed by atoms with Gasteiger partial charge in [-0.25, -0.2) is 0 Å². The second kappa shape index (κ2) is 6.50. The van der Waals surface area contributed by atoms with Crippen LogP contribution in [-0.4, -0.2) is 27.8 Å². The Bertz CT molecular complexity index is 364. The Morgan fingerprint density at radius 3 is 2.65 bits per heavy atom. The largest absolute Gasteiger partial charge is 0.298 e. The van der Waals surface area contributed by atoms with Crippen molar-refractivity contribution in [2.45, 2.75) is 30.3 Å². The highest BCUT2D eigenvalue weighted by Crippen LogP contribution is 2.32. The van der Waals surface area contributed by atoms with E-state index in [1.54, 1.807) is 0 Å². The highest BCUT2D eigenvalue weighted by molar-refractivity contribution is 8.07. The minimum Gasteiger partial charge on any atom is -0.298 e. The number of hydrogen-bond donors (Lipinski definition) is 0. The Morgan fingerprint density at radius 2 is 1.94 bits per heavy atom. The third-order valence-corrected chi connectivity index (χ3v) is 6.15. The molecule has 92 valence electrons. The molecule has 0 amide bonds. The van der Waals surface area contributed by atoms with Gasteiger partial charge in [0, 0.05) is 23.2 Å². The van der Waals surface area contributed by atoms with Crippen LogP contribution in [0.15, 0.2) is 30.3 Å². The fraction of sp³-hybridized carbons (Fsp3) is 0.500. The SMILES string of the molecule is CC1SCCSC1C(=O)CCc1ccccc1. The van der Waals surface area contributed by atoms with Gasteiger partial charge in [0.1, 0.15) is 5.78 Å². The van der Waals surface area contributed by atoms with E-state index in [4.69, 9.17) is 0 Å². The molecular formula is C14H18OS2. The molecule has 1 heterocycles. The van der Waals surface area contributed by atoms with Crippen molar-refractivity contribution >= 4 is 29.3 Å². The molecule has 1 aromatic rings. The summed E-state index contributed by atoms with van der Waals surface area (Å²) in [5, 5.41) is 0.703. The molecule has 1 aromatic carbocycles. The highest BCUT2D eigenvalue weighted by atomic mass is 32.2. The maximum absolute atomic E-state index is 12.1. The van der Waals surface area contributed by atoms with Crippen LogP contribution in [0.2, 0.25) is 0 Å². The van der Waals surface area contributed by atoms with Gasteiger partial charge in [0.25, 0.3) is 0 Å². The monoisotopic (exact) mass is 266 g/mol. The van der Waals surface area contributed by atoms with Crippen LogP contribution in [-0.2, 0) is 11.2 Å². The van der Waals surface area contributed by atoms with E-state index < -0.39 is 0 Å². The first-order valence-corrected chi connectivity index (χ1v) is 8.17. The predicted octanol–water partition coefficient (Wildman–Crippen LogP) is 3.43. The summed E-state index contributed by atoms with van der Waals surface area (Å²) in [6.07, 6.45) is 1.57. The molecule has 1 saturated heterocycles. The zero-order chi connectivity index (χ0) is 12.1. The molecule has 0 bridgehead atoms. The van der Waals surface area contributed by atoms with Crippen LogP contribution in [0.1, 0.15) is 18.9 Å². The number of carbonyl (C=O) groups is 1. The van der Waals surface area contributed by atoms with Gasteiger partial charge in [0.15, 0.2) is 0 Å². The predicted molar refractivity (Wildman–Crippen MR) is 77.9 cm³/mol. The quantitative estimate of drug-likeness (QED) is 0.831. The van der Waals surface area contributed by atoms with Gasteiger partial charge < -0.3 is 0 Å². The standard InChI is InChI=1S/C14H18OS2/c1-11-14(17-10-9-16-11)13(15)8-7-12-5-3-2-4-6-12/h2-6,11,14H,7-10H2,1H3. The molecule has 2 unspecified atom stereocenters. The summed E-state index contributed by atoms with van der Waals surface area (Å²) in [6, 6.07) is 10.3. The molecule has 1 aliphatic heterocycles. The van der Waals surface area contributed by atoms with Crippen molar-refractivity contribution in [3.63, 3.8) is 0 Å². The van der Waals surface area contributed by atoms with Crippen molar-refractivity contribution < 1.29 is 4.79 Å². The first-order chi connectivity index (χ1) is 8.27. The lowest BCUT2D eigenvalue weighted by Gasteiger charge is -2.26. The first kappa shape index (κ1) is 13.0. The van der Waals surface area contributed by atoms with Crippen LogP contribution in [0.4, 0.5) is 0 Å². The van der Waals surface area contributed by atoms with Crippen molar-refractivity contribution in [1.82, 2.24) is 0 Å². The van der Waals surface area contributed by atoms with E-state index in [2.05, 4.69) is 19.1 Å². The first-order valence-electron chi connectivity index (χ1n) is 6.07. The minimum atomic E-state index is 0.220. The third-order valence-electron chi connectivity index (χ3n) is 3.01. The summed E-state index contributed by atoms with van der Waals surface area (Å²) >= 11 is 3.78. The smallest absolute Gasteiger partial charge is 0.147 e. The lowest BCUT2D eigenvalue weighted by atomic mass is 10.1. The third kappa shape index (κ3) is 3.78. The average Bonchev–Trinajstić information content (AvgIpc) is 2.38. The van der Waals surface area contributed by atoms with Crippen LogP contribution in [0.25, 0.3) is 0 Å². The number of aryl methyl sites for hydroxylation is 1. The number of thioether (sulfide) groups is 2. The van der Waals surface area contributed by atoms with Crippen LogP contribution in [0.3, 0.4) is 0 Å². The summed E-state index contributed by atoms with van der Waals surface area (Å²) in [5.74, 6) is 2.74. The highest BCUT2D eigenvalue weighted by Gasteiger charge is 2.28. The molecule has 2 atom stereocenters. The van der Waals surface area contributed by atoms with Gasteiger partial charge in [-0.1, -0.05) is 37.3 Å². The molecule has 0 spiro atoms. The van der Waals surface area contributed by atoms with Crippen molar-refractivity contribution in [2.24, 2.45) is 0 Å². The molecule has 0 aliphatic carbocycles. The number of Topliss-reactive ketones (excluding diaryl/α,β-unsaturated/α-hetero) is 1. The lowest BCUT2D eigenvalue weighted by molar-refractivity contribution is -0.118. The van der Waals surface area contributed by atoms with Gasteiger partial charge >= 0.3 is 0 Å². The fourth-order valence-corrected chi connectivity index (χ4v) is 4.81. The zero-order valence-corrected chi connectivity index (χ0v) is 11.7. The van der Waals surface area contributed by atoms with E-state index in [1.165, 1.54) is 11.3 Å². The van der Waals surface area contributed by atoms with Crippen molar-refractivity contribution in [1.29, 1.82) is 0 Å². The minimum absolute atomic E-state index is 0.220. The Labute approximate surface area is 112 Å². The van der Waals surface area contributed by atoms with Gasteiger partial charge in [0.2, 0.25) is 0 Å². The van der Waals surface area contributed by atoms with Crippen molar-refractivity contribution in [2.75, 3.05) is 11.5 Å². The number of hydrogen-bond acceptors (Lipinski definition) is 3. The molecule has 0 saturated carbocycles. The number of ketones is 1. The molecule has 1 fully saturated rings. The second-order valence-electron chi connectivity index (χ2n) is 4.32. The van der Waals surface area contributed by atoms with Crippen LogP contribution in [0.5, 0.6) is 0 Å². The normalized spacial score (nSPS) is 24.5. The summed E-state index contributed by atoms with van der Waals surface area (Å²) in [7, 11) is 0. The molecule has 0 N–H and O–H groups in total. The van der Waals surface area contributed by atoms with E-state index in [0.717, 1.165) is 12.2 Å². The van der Waals surface area contributed by atoms with Crippen LogP contribution < -0.4 is 0 Å². The molecule has 2 rings (SSSR count). The van der Waals surface area contributed by atoms with Crippen LogP contribution >= 0.6 is 23.5 Å². The van der Waals surface area contributed by atoms with Gasteiger partial charge in [0.05, 0.1) is 5.25 Å². The van der Waals surface area contributed by atoms with Gasteiger partial charge in [-0.05, 0) is 12.0 Å². The average molecular weight is 266 g/mol. The van der Waals surface area contributed by atoms with E-state index >= 15 is 0 Å².